The van der Waals surface area contributed by atoms with Gasteiger partial charge < -0.3 is 4.79 Å². The van der Waals surface area contributed by atoms with Crippen molar-refractivity contribution in [3.8, 4) is 12.3 Å². The van der Waals surface area contributed by atoms with Gasteiger partial charge in [0.2, 0.25) is 5.92 Å². The molecule has 1 aliphatic carbocycles. The van der Waals surface area contributed by atoms with Crippen LogP contribution < -0.4 is 0 Å². The fourth-order valence-electron chi connectivity index (χ4n) is 1.43. The third-order valence-electron chi connectivity index (χ3n) is 1.93. The summed E-state index contributed by atoms with van der Waals surface area (Å²) < 4.78 is 24.6. The van der Waals surface area contributed by atoms with Gasteiger partial charge >= 0.3 is 0 Å². The summed E-state index contributed by atoms with van der Waals surface area (Å²) in [5.74, 6) is -0.434. The Hall–Kier alpha value is -0.910. The predicted octanol–water partition coefficient (Wildman–Crippen LogP) is 1.62. The molecule has 0 N–H and O–H groups in total. The monoisotopic (exact) mass is 158 g/mol. The number of terminal acetylenes is 1. The van der Waals surface area contributed by atoms with Gasteiger partial charge in [0, 0.05) is 24.7 Å². The van der Waals surface area contributed by atoms with Gasteiger partial charge in [-0.25, -0.2) is 8.78 Å². The lowest BCUT2D eigenvalue weighted by atomic mass is 9.65. The van der Waals surface area contributed by atoms with E-state index in [4.69, 9.17) is 6.42 Å². The number of aldehydes is 1. The van der Waals surface area contributed by atoms with E-state index in [-0.39, 0.29) is 19.3 Å². The van der Waals surface area contributed by atoms with Crippen LogP contribution in [0.2, 0.25) is 0 Å². The molecule has 1 fully saturated rings. The molecule has 3 heteroatoms. The maximum Gasteiger partial charge on any atom is 0.250 e. The molecular formula is C8H8F2O. The highest BCUT2D eigenvalue weighted by molar-refractivity contribution is 5.62. The van der Waals surface area contributed by atoms with E-state index in [9.17, 15) is 13.6 Å². The number of carbonyl (C=O) groups is 1. The fraction of sp³-hybridized carbons (Fsp3) is 0.625. The zero-order valence-electron chi connectivity index (χ0n) is 5.94. The largest absolute Gasteiger partial charge is 0.303 e. The molecule has 1 nitrogen and oxygen atoms in total. The van der Waals surface area contributed by atoms with Crippen LogP contribution in [0.15, 0.2) is 0 Å². The van der Waals surface area contributed by atoms with Crippen molar-refractivity contribution in [3.05, 3.63) is 0 Å². The topological polar surface area (TPSA) is 17.1 Å². The minimum absolute atomic E-state index is 0.131. The van der Waals surface area contributed by atoms with E-state index in [0.717, 1.165) is 0 Å². The van der Waals surface area contributed by atoms with Crippen LogP contribution in [0.3, 0.4) is 0 Å². The van der Waals surface area contributed by atoms with Gasteiger partial charge in [0.05, 0.1) is 0 Å². The van der Waals surface area contributed by atoms with Gasteiger partial charge in [-0.05, 0) is 0 Å². The molecule has 0 aliphatic heterocycles. The van der Waals surface area contributed by atoms with Gasteiger partial charge in [-0.1, -0.05) is 0 Å². The van der Waals surface area contributed by atoms with Crippen LogP contribution in [0, 0.1) is 17.8 Å². The van der Waals surface area contributed by atoms with E-state index >= 15 is 0 Å². The van der Waals surface area contributed by atoms with E-state index in [0.29, 0.717) is 6.29 Å². The molecule has 60 valence electrons. The average Bonchev–Trinajstić information content (AvgIpc) is 1.84. The Morgan fingerprint density at radius 2 is 2.09 bits per heavy atom. The first-order chi connectivity index (χ1) is 5.04. The lowest BCUT2D eigenvalue weighted by Crippen LogP contribution is -2.46. The number of rotatable bonds is 2. The first-order valence-corrected chi connectivity index (χ1v) is 3.31. The Bertz CT molecular complexity index is 207. The highest BCUT2D eigenvalue weighted by atomic mass is 19.3. The van der Waals surface area contributed by atoms with Crippen LogP contribution in [0.25, 0.3) is 0 Å². The second kappa shape index (κ2) is 2.30. The zero-order valence-corrected chi connectivity index (χ0v) is 5.94. The number of hydrogen-bond acceptors (Lipinski definition) is 1. The van der Waals surface area contributed by atoms with Gasteiger partial charge in [-0.3, -0.25) is 0 Å². The summed E-state index contributed by atoms with van der Waals surface area (Å²) in [6.45, 7) is 0. The molecule has 0 spiro atoms. The minimum Gasteiger partial charge on any atom is -0.303 e. The van der Waals surface area contributed by atoms with E-state index in [1.807, 2.05) is 0 Å². The third kappa shape index (κ3) is 1.40. The predicted molar refractivity (Wildman–Crippen MR) is 36.1 cm³/mol. The Kier molecular flexibility index (Phi) is 1.71. The van der Waals surface area contributed by atoms with Gasteiger partial charge in [-0.2, -0.15) is 0 Å². The van der Waals surface area contributed by atoms with Crippen LogP contribution in [0.4, 0.5) is 8.78 Å². The van der Waals surface area contributed by atoms with Crippen LogP contribution in [-0.2, 0) is 4.79 Å². The summed E-state index contributed by atoms with van der Waals surface area (Å²) in [6.07, 6.45) is 4.86. The molecule has 0 aromatic carbocycles. The summed E-state index contributed by atoms with van der Waals surface area (Å²) in [6, 6.07) is 0. The molecule has 0 radical (unpaired) electrons. The standard InChI is InChI=1S/C8H8F2O/c1-2-3-7(6-11)4-8(9,10)5-7/h1,6H,3-5H2. The van der Waals surface area contributed by atoms with Crippen molar-refractivity contribution in [2.24, 2.45) is 5.41 Å². The van der Waals surface area contributed by atoms with Gasteiger partial charge in [0.1, 0.15) is 6.29 Å². The molecule has 0 bridgehead atoms. The van der Waals surface area contributed by atoms with Crippen molar-refractivity contribution in [1.82, 2.24) is 0 Å². The lowest BCUT2D eigenvalue weighted by Gasteiger charge is -2.42. The van der Waals surface area contributed by atoms with Gasteiger partial charge in [0.15, 0.2) is 0 Å². The molecule has 0 atom stereocenters. The van der Waals surface area contributed by atoms with Gasteiger partial charge in [0.25, 0.3) is 0 Å². The summed E-state index contributed by atoms with van der Waals surface area (Å²) in [5.41, 5.74) is -0.918. The van der Waals surface area contributed by atoms with Crippen molar-refractivity contribution in [2.45, 2.75) is 25.2 Å². The van der Waals surface area contributed by atoms with Crippen molar-refractivity contribution in [3.63, 3.8) is 0 Å². The molecule has 0 amide bonds. The highest BCUT2D eigenvalue weighted by Crippen LogP contribution is 2.52. The number of hydrogen-bond donors (Lipinski definition) is 0. The molecule has 0 saturated heterocycles. The van der Waals surface area contributed by atoms with E-state index in [2.05, 4.69) is 5.92 Å². The molecule has 1 rings (SSSR count). The lowest BCUT2D eigenvalue weighted by molar-refractivity contribution is -0.165. The molecule has 0 aromatic heterocycles. The first-order valence-electron chi connectivity index (χ1n) is 3.31. The molecule has 11 heavy (non-hydrogen) atoms. The molecule has 0 unspecified atom stereocenters. The minimum atomic E-state index is -2.67. The number of alkyl halides is 2. The van der Waals surface area contributed by atoms with Crippen LogP contribution in [0.1, 0.15) is 19.3 Å². The number of halogens is 2. The Labute approximate surface area is 63.8 Å². The molecule has 0 aromatic rings. The molecule has 1 aliphatic rings. The highest BCUT2D eigenvalue weighted by Gasteiger charge is 2.56. The van der Waals surface area contributed by atoms with E-state index in [1.165, 1.54) is 0 Å². The summed E-state index contributed by atoms with van der Waals surface area (Å²) in [4.78, 5) is 10.4. The molecular weight excluding hydrogens is 150 g/mol. The fourth-order valence-corrected chi connectivity index (χ4v) is 1.43. The zero-order chi connectivity index (χ0) is 8.54. The van der Waals surface area contributed by atoms with Crippen molar-refractivity contribution in [2.75, 3.05) is 0 Å². The van der Waals surface area contributed by atoms with Crippen LogP contribution >= 0.6 is 0 Å². The van der Waals surface area contributed by atoms with Crippen molar-refractivity contribution >= 4 is 6.29 Å². The Morgan fingerprint density at radius 1 is 1.55 bits per heavy atom. The maximum absolute atomic E-state index is 12.3. The molecule has 0 heterocycles. The normalized spacial score (nSPS) is 24.8. The summed E-state index contributed by atoms with van der Waals surface area (Å²) in [5, 5.41) is 0. The quantitative estimate of drug-likeness (QED) is 0.441. The smallest absolute Gasteiger partial charge is 0.250 e. The number of carbonyl (C=O) groups excluding carboxylic acids is 1. The maximum atomic E-state index is 12.3. The van der Waals surface area contributed by atoms with E-state index in [1.54, 1.807) is 0 Å². The second-order valence-electron chi connectivity index (χ2n) is 3.07. The average molecular weight is 158 g/mol. The Morgan fingerprint density at radius 3 is 2.36 bits per heavy atom. The van der Waals surface area contributed by atoms with Crippen molar-refractivity contribution < 1.29 is 13.6 Å². The van der Waals surface area contributed by atoms with Gasteiger partial charge in [-0.15, -0.1) is 12.3 Å². The SMILES string of the molecule is C#CCC1(C=O)CC(F)(F)C1. The second-order valence-corrected chi connectivity index (χ2v) is 3.07. The summed E-state index contributed by atoms with van der Waals surface area (Å²) in [7, 11) is 0. The molecule has 1 saturated carbocycles. The third-order valence-corrected chi connectivity index (χ3v) is 1.93. The van der Waals surface area contributed by atoms with Crippen LogP contribution in [-0.4, -0.2) is 12.2 Å². The Balaban J connectivity index is 2.58. The van der Waals surface area contributed by atoms with Crippen LogP contribution in [0.5, 0.6) is 0 Å². The first kappa shape index (κ1) is 8.19. The summed E-state index contributed by atoms with van der Waals surface area (Å²) >= 11 is 0. The van der Waals surface area contributed by atoms with Crippen molar-refractivity contribution in [1.29, 1.82) is 0 Å². The van der Waals surface area contributed by atoms with E-state index < -0.39 is 11.3 Å².